The number of hydrogen-bond acceptors (Lipinski definition) is 17. The fourth-order valence-corrected chi connectivity index (χ4v) is 4.11. The molecule has 0 spiro atoms. The van der Waals surface area contributed by atoms with Gasteiger partial charge in [-0.1, -0.05) is 26.0 Å². The molecule has 0 unspecified atom stereocenters. The maximum absolute atomic E-state index is 13.5. The van der Waals surface area contributed by atoms with Crippen LogP contribution in [0.4, 0.5) is 10.3 Å². The summed E-state index contributed by atoms with van der Waals surface area (Å²) in [5, 5.41) is 56.8. The molecule has 0 radical (unpaired) electrons. The summed E-state index contributed by atoms with van der Waals surface area (Å²) in [6, 6.07) is 5.46. The zero-order valence-electron chi connectivity index (χ0n) is 27.1. The number of aromatic nitrogens is 2. The monoisotopic (exact) mass is 737 g/mol. The highest BCUT2D eigenvalue weighted by molar-refractivity contribution is 7.92. The highest BCUT2D eigenvalue weighted by Crippen LogP contribution is 2.31. The minimum absolute atomic E-state index is 0.0670. The number of carboxylic acid groups (broad SMARTS) is 1. The average Bonchev–Trinajstić information content (AvgIpc) is 3.00. The lowest BCUT2D eigenvalue weighted by molar-refractivity contribution is -0.796. The molecule has 0 fully saturated rings. The number of aliphatic hydroxyl groups excluding tert-OH is 2. The highest BCUT2D eigenvalue weighted by Gasteiger charge is 2.35. The summed E-state index contributed by atoms with van der Waals surface area (Å²) >= 11 is 0. The van der Waals surface area contributed by atoms with Crippen LogP contribution in [0.1, 0.15) is 43.9 Å². The fourth-order valence-electron chi connectivity index (χ4n) is 3.73. The summed E-state index contributed by atoms with van der Waals surface area (Å²) in [7, 11) is -2.34. The molecule has 22 nitrogen and oxygen atoms in total. The molecule has 2 atom stereocenters. The van der Waals surface area contributed by atoms with Crippen LogP contribution in [0.2, 0.25) is 0 Å². The third kappa shape index (κ3) is 15.3. The van der Waals surface area contributed by atoms with Crippen molar-refractivity contribution in [2.75, 3.05) is 37.4 Å². The van der Waals surface area contributed by atoms with Crippen LogP contribution in [-0.2, 0) is 29.3 Å². The zero-order valence-corrected chi connectivity index (χ0v) is 27.9. The number of carboxylic acids is 1. The van der Waals surface area contributed by atoms with Crippen LogP contribution in [0, 0.1) is 36.2 Å². The maximum atomic E-state index is 13.5. The van der Waals surface area contributed by atoms with Gasteiger partial charge in [-0.3, -0.25) is 0 Å². The lowest BCUT2D eigenvalue weighted by Gasteiger charge is -2.21. The Bertz CT molecular complexity index is 1580. The van der Waals surface area contributed by atoms with E-state index in [1.165, 1.54) is 43.5 Å². The van der Waals surface area contributed by atoms with Crippen LogP contribution in [0.3, 0.4) is 0 Å². The summed E-state index contributed by atoms with van der Waals surface area (Å²) in [6.07, 6.45) is 0.578. The Hall–Kier alpha value is -5.33. The Morgan fingerprint density at radius 1 is 1.02 bits per heavy atom. The predicted molar refractivity (Wildman–Crippen MR) is 165 cm³/mol. The molecule has 50 heavy (non-hydrogen) atoms. The first-order chi connectivity index (χ1) is 23.0. The maximum Gasteiger partial charge on any atom is 0.294 e. The van der Waals surface area contributed by atoms with Crippen molar-refractivity contribution in [2.24, 2.45) is 0 Å². The second-order valence-electron chi connectivity index (χ2n) is 10.9. The molecule has 278 valence electrons. The second-order valence-corrected chi connectivity index (χ2v) is 13.0. The molecule has 0 bridgehead atoms. The van der Waals surface area contributed by atoms with Gasteiger partial charge in [-0.25, -0.2) is 27.1 Å². The van der Waals surface area contributed by atoms with Crippen molar-refractivity contribution >= 4 is 28.0 Å². The standard InChI is InChI=1S/C22H28FN3O6S.C4H8N4O9/c1-13(2)20-18(10-9-16(27)11-17(28)12-19(29)30)21(14-5-7-15(23)8-6-14)25-22(24-20)26(3)33(4,31)32;5-4(1-15-6(9)10,2-16-7(11)12)3-17-8(13)14/h5-10,13,16-17,27-28H,11-12H2,1-4H3,(H,29,30);1-3,5H2/b10-9+;/t16-,17+;/m0./s1. The van der Waals surface area contributed by atoms with Crippen molar-refractivity contribution < 1.29 is 68.4 Å². The third-order valence-electron chi connectivity index (χ3n) is 6.24. The third-order valence-corrected chi connectivity index (χ3v) is 7.39. The molecular formula is C26H36FN7O15S. The molecule has 1 aromatic heterocycles. The molecule has 0 aliphatic carbocycles. The smallest absolute Gasteiger partial charge is 0.294 e. The van der Waals surface area contributed by atoms with Gasteiger partial charge >= 0.3 is 0 Å². The number of carbonyl (C=O) groups excluding carboxylic acids is 1. The molecular weight excluding hydrogens is 701 g/mol. The van der Waals surface area contributed by atoms with Crippen molar-refractivity contribution in [2.45, 2.75) is 50.4 Å². The highest BCUT2D eigenvalue weighted by atomic mass is 32.2. The van der Waals surface area contributed by atoms with Crippen LogP contribution >= 0.6 is 0 Å². The van der Waals surface area contributed by atoms with Gasteiger partial charge in [-0.2, -0.15) is 0 Å². The molecule has 0 saturated carbocycles. The first-order valence-electron chi connectivity index (χ1n) is 14.1. The fraction of sp³-hybridized carbons (Fsp3) is 0.500. The number of anilines is 1. The van der Waals surface area contributed by atoms with Crippen molar-refractivity contribution in [3.05, 3.63) is 77.8 Å². The number of rotatable bonds is 19. The first kappa shape index (κ1) is 42.7. The van der Waals surface area contributed by atoms with E-state index in [2.05, 4.69) is 30.2 Å². The van der Waals surface area contributed by atoms with Gasteiger partial charge in [0.05, 0.1) is 29.9 Å². The lowest BCUT2D eigenvalue weighted by Crippen LogP contribution is -2.79. The molecule has 2 aromatic rings. The minimum atomic E-state index is -3.66. The normalized spacial score (nSPS) is 12.7. The Labute approximate surface area is 283 Å². The van der Waals surface area contributed by atoms with Gasteiger partial charge in [-0.05, 0) is 30.2 Å². The van der Waals surface area contributed by atoms with Gasteiger partial charge in [-0.15, -0.1) is 30.3 Å². The van der Waals surface area contributed by atoms with Gasteiger partial charge in [0, 0.05) is 37.0 Å². The summed E-state index contributed by atoms with van der Waals surface area (Å²) < 4.78 is 38.6. The van der Waals surface area contributed by atoms with E-state index in [1.807, 2.05) is 13.8 Å². The van der Waals surface area contributed by atoms with Crippen LogP contribution in [0.5, 0.6) is 0 Å². The number of aliphatic carboxylic acids is 1. The number of sulfonamides is 1. The summed E-state index contributed by atoms with van der Waals surface area (Å²) in [5.41, 5.74) is 3.41. The Morgan fingerprint density at radius 2 is 1.50 bits per heavy atom. The minimum Gasteiger partial charge on any atom is -0.550 e. The summed E-state index contributed by atoms with van der Waals surface area (Å²) in [6.45, 7) is 1.45. The van der Waals surface area contributed by atoms with Gasteiger partial charge in [0.1, 0.15) is 5.82 Å². The number of aliphatic hydroxyl groups is 2. The number of halogens is 1. The van der Waals surface area contributed by atoms with E-state index in [9.17, 15) is 63.3 Å². The van der Waals surface area contributed by atoms with Crippen LogP contribution in [0.15, 0.2) is 30.3 Å². The van der Waals surface area contributed by atoms with Crippen molar-refractivity contribution in [1.29, 1.82) is 0 Å². The second kappa shape index (κ2) is 19.0. The molecule has 1 heterocycles. The summed E-state index contributed by atoms with van der Waals surface area (Å²) in [5.74, 6) is -2.14. The van der Waals surface area contributed by atoms with Gasteiger partial charge in [0.15, 0.2) is 25.4 Å². The first-order valence-corrected chi connectivity index (χ1v) is 15.9. The van der Waals surface area contributed by atoms with Crippen molar-refractivity contribution in [3.8, 4) is 11.3 Å². The SMILES string of the molecule is CC(C)c1nc(N(C)S(C)(=O)=O)nc(-c2ccc(F)cc2)c1/C=C/[C@H](O)C[C@@H](O)CC(=O)[O-].[NH3+]C(CO[N+](=O)[O-])(CO[N+](=O)[O-])CO[N+](=O)[O-]. The molecule has 2 rings (SSSR count). The van der Waals surface area contributed by atoms with E-state index < -0.39 is 81.1 Å². The zero-order chi connectivity index (χ0) is 38.4. The largest absolute Gasteiger partial charge is 0.550 e. The topological polar surface area (TPSA) is 328 Å². The van der Waals surface area contributed by atoms with E-state index in [1.54, 1.807) is 0 Å². The molecule has 1 aromatic carbocycles. The van der Waals surface area contributed by atoms with Crippen molar-refractivity contribution in [3.63, 3.8) is 0 Å². The molecule has 0 aliphatic rings. The lowest BCUT2D eigenvalue weighted by atomic mass is 9.97. The molecule has 5 N–H and O–H groups in total. The van der Waals surface area contributed by atoms with Gasteiger partial charge in [0.25, 0.3) is 15.3 Å². The number of nitrogens with zero attached hydrogens (tertiary/aromatic N) is 6. The Kier molecular flexibility index (Phi) is 16.2. The summed E-state index contributed by atoms with van der Waals surface area (Å²) in [4.78, 5) is 61.0. The number of benzene rings is 1. The predicted octanol–water partition coefficient (Wildman–Crippen LogP) is -1.34. The van der Waals surface area contributed by atoms with E-state index in [4.69, 9.17) is 0 Å². The van der Waals surface area contributed by atoms with Gasteiger partial charge in [0.2, 0.25) is 16.0 Å². The molecule has 0 aliphatic heterocycles. The van der Waals surface area contributed by atoms with Gasteiger partial charge < -0.3 is 40.4 Å². The number of hydrogen-bond donors (Lipinski definition) is 3. The Morgan fingerprint density at radius 3 is 1.90 bits per heavy atom. The van der Waals surface area contributed by atoms with E-state index >= 15 is 0 Å². The van der Waals surface area contributed by atoms with E-state index in [-0.39, 0.29) is 18.3 Å². The molecule has 0 saturated heterocycles. The van der Waals surface area contributed by atoms with Crippen LogP contribution in [-0.4, -0.2) is 101 Å². The van der Waals surface area contributed by atoms with E-state index in [0.717, 1.165) is 10.6 Å². The molecule has 24 heteroatoms. The average molecular weight is 738 g/mol. The van der Waals surface area contributed by atoms with E-state index in [0.29, 0.717) is 22.5 Å². The Balaban J connectivity index is 0.000000621. The van der Waals surface area contributed by atoms with Crippen LogP contribution < -0.4 is 15.1 Å². The molecule has 0 amide bonds. The van der Waals surface area contributed by atoms with Crippen LogP contribution in [0.25, 0.3) is 17.3 Å². The van der Waals surface area contributed by atoms with Crippen molar-refractivity contribution in [1.82, 2.24) is 9.97 Å². The quantitative estimate of drug-likeness (QED) is 0.111. The number of quaternary nitrogens is 1. The number of carbonyl (C=O) groups is 1.